The maximum Gasteiger partial charge on any atom is 0.258 e. The van der Waals surface area contributed by atoms with Crippen molar-refractivity contribution in [3.8, 4) is 28.6 Å². The quantitative estimate of drug-likeness (QED) is 0.324. The van der Waals surface area contributed by atoms with Gasteiger partial charge < -0.3 is 9.26 Å². The summed E-state index contributed by atoms with van der Waals surface area (Å²) in [5.41, 5.74) is 3.41. The highest BCUT2D eigenvalue weighted by molar-refractivity contribution is 6.36. The molecule has 4 aromatic rings. The molecule has 4 rings (SSSR count). The lowest BCUT2D eigenvalue weighted by Crippen LogP contribution is -1.97. The number of rotatable bonds is 5. The van der Waals surface area contributed by atoms with E-state index in [-0.39, 0.29) is 0 Å². The van der Waals surface area contributed by atoms with Crippen molar-refractivity contribution in [3.63, 3.8) is 0 Å². The minimum absolute atomic E-state index is 0.399. The molecule has 0 atom stereocenters. The van der Waals surface area contributed by atoms with Crippen molar-refractivity contribution in [2.24, 2.45) is 0 Å². The molecule has 0 aliphatic carbocycles. The molecule has 0 radical (unpaired) electrons. The van der Waals surface area contributed by atoms with Gasteiger partial charge in [0.05, 0.1) is 5.02 Å². The van der Waals surface area contributed by atoms with Gasteiger partial charge in [0.1, 0.15) is 12.4 Å². The van der Waals surface area contributed by atoms with Crippen molar-refractivity contribution in [2.45, 2.75) is 13.5 Å². The Kier molecular flexibility index (Phi) is 5.76. The third-order valence-electron chi connectivity index (χ3n) is 4.30. The molecule has 0 fully saturated rings. The van der Waals surface area contributed by atoms with Gasteiger partial charge in [-0.15, -0.1) is 0 Å². The highest BCUT2D eigenvalue weighted by Gasteiger charge is 2.14. The van der Waals surface area contributed by atoms with Crippen LogP contribution in [0.3, 0.4) is 0 Å². The third kappa shape index (κ3) is 4.56. The first-order valence-corrected chi connectivity index (χ1v) is 9.90. The van der Waals surface area contributed by atoms with Crippen molar-refractivity contribution < 1.29 is 9.26 Å². The molecule has 29 heavy (non-hydrogen) atoms. The van der Waals surface area contributed by atoms with Gasteiger partial charge in [0, 0.05) is 21.2 Å². The number of nitrogens with zero attached hydrogens (tertiary/aromatic N) is 2. The number of ether oxygens (including phenoxy) is 1. The summed E-state index contributed by atoms with van der Waals surface area (Å²) in [7, 11) is 0. The van der Waals surface area contributed by atoms with Crippen LogP contribution in [0.1, 0.15) is 11.1 Å². The first-order valence-electron chi connectivity index (χ1n) is 8.77. The topological polar surface area (TPSA) is 48.2 Å². The summed E-state index contributed by atoms with van der Waals surface area (Å²) in [5, 5.41) is 5.73. The first-order chi connectivity index (χ1) is 14.0. The van der Waals surface area contributed by atoms with E-state index in [2.05, 4.69) is 10.1 Å². The Hall–Kier alpha value is -2.53. The van der Waals surface area contributed by atoms with E-state index in [4.69, 9.17) is 44.1 Å². The zero-order valence-corrected chi connectivity index (χ0v) is 17.6. The molecule has 0 saturated carbocycles. The average Bonchev–Trinajstić information content (AvgIpc) is 3.17. The molecule has 0 spiro atoms. The highest BCUT2D eigenvalue weighted by atomic mass is 35.5. The van der Waals surface area contributed by atoms with E-state index in [1.165, 1.54) is 0 Å². The molecule has 1 aromatic heterocycles. The Morgan fingerprint density at radius 1 is 0.931 bits per heavy atom. The van der Waals surface area contributed by atoms with E-state index in [0.29, 0.717) is 39.0 Å². The van der Waals surface area contributed by atoms with Gasteiger partial charge in [0.15, 0.2) is 0 Å². The van der Waals surface area contributed by atoms with E-state index in [1.807, 2.05) is 49.4 Å². The standard InChI is InChI=1S/C22H15Cl3N2O2/c1-13-9-16(23)6-8-20(13)28-12-14-3-2-4-15(10-14)22-26-21(27-29-22)18-7-5-17(24)11-19(18)25/h2-11H,12H2,1H3. The van der Waals surface area contributed by atoms with Crippen LogP contribution < -0.4 is 4.74 Å². The number of aryl methyl sites for hydroxylation is 1. The molecule has 0 unspecified atom stereocenters. The van der Waals surface area contributed by atoms with Gasteiger partial charge in [-0.2, -0.15) is 4.98 Å². The largest absolute Gasteiger partial charge is 0.489 e. The SMILES string of the molecule is Cc1cc(Cl)ccc1OCc1cccc(-c2nc(-c3ccc(Cl)cc3Cl)no2)c1. The smallest absolute Gasteiger partial charge is 0.258 e. The summed E-state index contributed by atoms with van der Waals surface area (Å²) in [6.07, 6.45) is 0. The number of halogens is 3. The Morgan fingerprint density at radius 3 is 2.52 bits per heavy atom. The number of hydrogen-bond acceptors (Lipinski definition) is 4. The number of hydrogen-bond donors (Lipinski definition) is 0. The van der Waals surface area contributed by atoms with E-state index in [1.54, 1.807) is 18.2 Å². The maximum atomic E-state index is 6.24. The second-order valence-electron chi connectivity index (χ2n) is 6.45. The van der Waals surface area contributed by atoms with Crippen LogP contribution in [0.2, 0.25) is 15.1 Å². The monoisotopic (exact) mass is 444 g/mol. The van der Waals surface area contributed by atoms with E-state index < -0.39 is 0 Å². The Morgan fingerprint density at radius 2 is 1.72 bits per heavy atom. The van der Waals surface area contributed by atoms with Crippen molar-refractivity contribution >= 4 is 34.8 Å². The number of benzene rings is 3. The third-order valence-corrected chi connectivity index (χ3v) is 5.09. The molecule has 0 N–H and O–H groups in total. The number of aromatic nitrogens is 2. The average molecular weight is 446 g/mol. The lowest BCUT2D eigenvalue weighted by atomic mass is 10.1. The Balaban J connectivity index is 1.54. The van der Waals surface area contributed by atoms with Crippen molar-refractivity contribution in [3.05, 3.63) is 86.9 Å². The Bertz CT molecular complexity index is 1170. The van der Waals surface area contributed by atoms with Gasteiger partial charge in [-0.25, -0.2) is 0 Å². The van der Waals surface area contributed by atoms with E-state index >= 15 is 0 Å². The minimum Gasteiger partial charge on any atom is -0.489 e. The van der Waals surface area contributed by atoms with Gasteiger partial charge in [0.25, 0.3) is 5.89 Å². The molecule has 7 heteroatoms. The maximum absolute atomic E-state index is 6.24. The molecule has 0 aliphatic heterocycles. The summed E-state index contributed by atoms with van der Waals surface area (Å²) in [6, 6.07) is 18.4. The van der Waals surface area contributed by atoms with Crippen LogP contribution in [0, 0.1) is 6.92 Å². The summed E-state index contributed by atoms with van der Waals surface area (Å²) in [4.78, 5) is 4.46. The van der Waals surface area contributed by atoms with Crippen molar-refractivity contribution in [1.82, 2.24) is 10.1 Å². The first kappa shape index (κ1) is 19.8. The zero-order chi connectivity index (χ0) is 20.4. The van der Waals surface area contributed by atoms with E-state index in [9.17, 15) is 0 Å². The summed E-state index contributed by atoms with van der Waals surface area (Å²) >= 11 is 18.2. The second kappa shape index (κ2) is 8.46. The lowest BCUT2D eigenvalue weighted by molar-refractivity contribution is 0.304. The van der Waals surface area contributed by atoms with Gasteiger partial charge in [-0.1, -0.05) is 52.1 Å². The van der Waals surface area contributed by atoms with Gasteiger partial charge in [-0.05, 0) is 66.6 Å². The molecular weight excluding hydrogens is 431 g/mol. The molecule has 146 valence electrons. The van der Waals surface area contributed by atoms with E-state index in [0.717, 1.165) is 22.4 Å². The highest BCUT2D eigenvalue weighted by Crippen LogP contribution is 2.30. The predicted octanol–water partition coefficient (Wildman–Crippen LogP) is 7.25. The van der Waals surface area contributed by atoms with Crippen LogP contribution >= 0.6 is 34.8 Å². The fourth-order valence-corrected chi connectivity index (χ4v) is 3.57. The van der Waals surface area contributed by atoms with Crippen LogP contribution in [0.5, 0.6) is 5.75 Å². The summed E-state index contributed by atoms with van der Waals surface area (Å²) in [6.45, 7) is 2.36. The van der Waals surface area contributed by atoms with Crippen LogP contribution in [-0.2, 0) is 6.61 Å². The van der Waals surface area contributed by atoms with Crippen LogP contribution in [-0.4, -0.2) is 10.1 Å². The normalized spacial score (nSPS) is 10.9. The van der Waals surface area contributed by atoms with Crippen molar-refractivity contribution in [2.75, 3.05) is 0 Å². The molecule has 3 aromatic carbocycles. The molecule has 0 aliphatic rings. The van der Waals surface area contributed by atoms with Crippen molar-refractivity contribution in [1.29, 1.82) is 0 Å². The lowest BCUT2D eigenvalue weighted by Gasteiger charge is -2.09. The fraction of sp³-hybridized carbons (Fsp3) is 0.0909. The van der Waals surface area contributed by atoms with Crippen LogP contribution in [0.15, 0.2) is 65.2 Å². The molecular formula is C22H15Cl3N2O2. The summed E-state index contributed by atoms with van der Waals surface area (Å²) < 4.78 is 11.3. The second-order valence-corrected chi connectivity index (χ2v) is 7.73. The predicted molar refractivity (Wildman–Crippen MR) is 116 cm³/mol. The molecule has 0 saturated heterocycles. The van der Waals surface area contributed by atoms with Gasteiger partial charge >= 0.3 is 0 Å². The molecule has 0 bridgehead atoms. The van der Waals surface area contributed by atoms with Gasteiger partial charge in [0.2, 0.25) is 5.82 Å². The molecule has 1 heterocycles. The zero-order valence-electron chi connectivity index (χ0n) is 15.3. The summed E-state index contributed by atoms with van der Waals surface area (Å²) in [5.74, 6) is 1.59. The van der Waals surface area contributed by atoms with Gasteiger partial charge in [-0.3, -0.25) is 0 Å². The molecule has 4 nitrogen and oxygen atoms in total. The minimum atomic E-state index is 0.399. The van der Waals surface area contributed by atoms with Crippen LogP contribution in [0.4, 0.5) is 0 Å². The fourth-order valence-electron chi connectivity index (χ4n) is 2.85. The Labute approximate surface area is 183 Å². The molecule has 0 amide bonds. The van der Waals surface area contributed by atoms with Crippen LogP contribution in [0.25, 0.3) is 22.8 Å².